The molecule has 0 radical (unpaired) electrons. The second kappa shape index (κ2) is 6.60. The summed E-state index contributed by atoms with van der Waals surface area (Å²) < 4.78 is 0. The smallest absolute Gasteiger partial charge is 0.222 e. The Labute approximate surface area is 123 Å². The number of amides is 1. The van der Waals surface area contributed by atoms with E-state index in [4.69, 9.17) is 23.2 Å². The summed E-state index contributed by atoms with van der Waals surface area (Å²) in [5.74, 6) is 0.0739. The molecule has 1 aromatic carbocycles. The van der Waals surface area contributed by atoms with Crippen molar-refractivity contribution >= 4 is 29.1 Å². The van der Waals surface area contributed by atoms with E-state index in [0.29, 0.717) is 29.4 Å². The largest absolute Gasteiger partial charge is 0.391 e. The number of aliphatic hydroxyl groups is 1. The molecule has 1 unspecified atom stereocenters. The van der Waals surface area contributed by atoms with Gasteiger partial charge in [-0.05, 0) is 37.0 Å². The molecule has 104 valence electrons. The van der Waals surface area contributed by atoms with Crippen LogP contribution in [-0.4, -0.2) is 35.1 Å². The van der Waals surface area contributed by atoms with E-state index < -0.39 is 0 Å². The first kappa shape index (κ1) is 14.6. The Kier molecular flexibility index (Phi) is 5.08. The maximum absolute atomic E-state index is 12.0. The lowest BCUT2D eigenvalue weighted by Crippen LogP contribution is -2.42. The number of aryl methyl sites for hydroxylation is 1. The molecule has 1 aliphatic heterocycles. The minimum atomic E-state index is -0.378. The maximum atomic E-state index is 12.0. The number of piperidine rings is 1. The second-order valence-corrected chi connectivity index (χ2v) is 5.72. The first-order valence-electron chi connectivity index (χ1n) is 6.46. The quantitative estimate of drug-likeness (QED) is 0.932. The van der Waals surface area contributed by atoms with Crippen molar-refractivity contribution in [1.82, 2.24) is 4.90 Å². The molecule has 2 rings (SSSR count). The van der Waals surface area contributed by atoms with Gasteiger partial charge < -0.3 is 10.0 Å². The minimum absolute atomic E-state index is 0.0739. The monoisotopic (exact) mass is 301 g/mol. The number of nitrogens with zero attached hydrogens (tertiary/aromatic N) is 1. The van der Waals surface area contributed by atoms with Gasteiger partial charge >= 0.3 is 0 Å². The van der Waals surface area contributed by atoms with Gasteiger partial charge in [0.2, 0.25) is 5.91 Å². The predicted molar refractivity (Wildman–Crippen MR) is 76.6 cm³/mol. The summed E-state index contributed by atoms with van der Waals surface area (Å²) in [7, 11) is 0. The Morgan fingerprint density at radius 3 is 2.89 bits per heavy atom. The van der Waals surface area contributed by atoms with Crippen molar-refractivity contribution < 1.29 is 9.90 Å². The molecule has 19 heavy (non-hydrogen) atoms. The fourth-order valence-corrected chi connectivity index (χ4v) is 2.81. The van der Waals surface area contributed by atoms with Gasteiger partial charge in [0.1, 0.15) is 0 Å². The first-order valence-corrected chi connectivity index (χ1v) is 7.21. The van der Waals surface area contributed by atoms with Gasteiger partial charge in [-0.2, -0.15) is 0 Å². The van der Waals surface area contributed by atoms with Gasteiger partial charge in [0, 0.05) is 29.6 Å². The van der Waals surface area contributed by atoms with E-state index in [2.05, 4.69) is 0 Å². The first-order chi connectivity index (χ1) is 9.06. The Morgan fingerprint density at radius 2 is 2.21 bits per heavy atom. The lowest BCUT2D eigenvalue weighted by molar-refractivity contribution is -0.134. The summed E-state index contributed by atoms with van der Waals surface area (Å²) in [5, 5.41) is 10.8. The van der Waals surface area contributed by atoms with Crippen LogP contribution in [0.2, 0.25) is 10.0 Å². The van der Waals surface area contributed by atoms with Crippen molar-refractivity contribution in [3.05, 3.63) is 33.8 Å². The number of carbonyl (C=O) groups excluding carboxylic acids is 1. The highest BCUT2D eigenvalue weighted by molar-refractivity contribution is 6.35. The van der Waals surface area contributed by atoms with Gasteiger partial charge in [0.05, 0.1) is 6.10 Å². The van der Waals surface area contributed by atoms with Crippen LogP contribution in [0.25, 0.3) is 0 Å². The van der Waals surface area contributed by atoms with Crippen molar-refractivity contribution in [3.8, 4) is 0 Å². The molecule has 0 bridgehead atoms. The molecule has 5 heteroatoms. The number of halogens is 2. The number of likely N-dealkylation sites (tertiary alicyclic amines) is 1. The van der Waals surface area contributed by atoms with Crippen LogP contribution >= 0.6 is 23.2 Å². The third-order valence-corrected chi connectivity index (χ3v) is 3.96. The van der Waals surface area contributed by atoms with Gasteiger partial charge in [0.25, 0.3) is 0 Å². The molecule has 0 aliphatic carbocycles. The van der Waals surface area contributed by atoms with Crippen molar-refractivity contribution in [2.45, 2.75) is 31.8 Å². The highest BCUT2D eigenvalue weighted by Gasteiger charge is 2.21. The number of hydrogen-bond acceptors (Lipinski definition) is 2. The molecule has 1 saturated heterocycles. The number of aliphatic hydroxyl groups excluding tert-OH is 1. The molecule has 1 aliphatic rings. The Bertz CT molecular complexity index is 465. The van der Waals surface area contributed by atoms with E-state index in [0.717, 1.165) is 24.9 Å². The zero-order valence-corrected chi connectivity index (χ0v) is 12.1. The average molecular weight is 302 g/mol. The summed E-state index contributed by atoms with van der Waals surface area (Å²) in [6, 6.07) is 5.31. The summed E-state index contributed by atoms with van der Waals surface area (Å²) >= 11 is 11.9. The van der Waals surface area contributed by atoms with E-state index >= 15 is 0 Å². The number of β-amino-alcohol motifs (C(OH)–C–C–N with tert-alkyl or cyclic N) is 1. The number of benzene rings is 1. The number of carbonyl (C=O) groups is 1. The van der Waals surface area contributed by atoms with Crippen LogP contribution in [0.15, 0.2) is 18.2 Å². The number of rotatable bonds is 3. The average Bonchev–Trinajstić information content (AvgIpc) is 2.37. The summed E-state index contributed by atoms with van der Waals surface area (Å²) in [6.45, 7) is 1.19. The summed E-state index contributed by atoms with van der Waals surface area (Å²) in [4.78, 5) is 13.8. The third-order valence-electron chi connectivity index (χ3n) is 3.37. The van der Waals surface area contributed by atoms with E-state index in [1.54, 1.807) is 17.0 Å². The van der Waals surface area contributed by atoms with Crippen LogP contribution in [0.1, 0.15) is 24.8 Å². The Hall–Kier alpha value is -0.770. The van der Waals surface area contributed by atoms with Gasteiger partial charge in [-0.1, -0.05) is 29.3 Å². The highest BCUT2D eigenvalue weighted by Crippen LogP contribution is 2.22. The molecule has 1 atom stereocenters. The van der Waals surface area contributed by atoms with Crippen LogP contribution in [0.3, 0.4) is 0 Å². The van der Waals surface area contributed by atoms with Crippen LogP contribution in [-0.2, 0) is 11.2 Å². The fraction of sp³-hybridized carbons (Fsp3) is 0.500. The standard InChI is InChI=1S/C14H17Cl2NO2/c15-11-5-3-10(13(16)8-11)4-6-14(19)17-7-1-2-12(18)9-17/h3,5,8,12,18H,1-2,4,6-7,9H2. The molecule has 1 aromatic rings. The lowest BCUT2D eigenvalue weighted by Gasteiger charge is -2.30. The molecule has 3 nitrogen and oxygen atoms in total. The molecule has 1 heterocycles. The molecule has 1 N–H and O–H groups in total. The van der Waals surface area contributed by atoms with Crippen LogP contribution in [0, 0.1) is 0 Å². The molecule has 1 amide bonds. The number of hydrogen-bond donors (Lipinski definition) is 1. The van der Waals surface area contributed by atoms with Gasteiger partial charge in [0.15, 0.2) is 0 Å². The van der Waals surface area contributed by atoms with Crippen molar-refractivity contribution in [2.24, 2.45) is 0 Å². The molecule has 0 aromatic heterocycles. The van der Waals surface area contributed by atoms with Gasteiger partial charge in [-0.25, -0.2) is 0 Å². The van der Waals surface area contributed by atoms with E-state index in [-0.39, 0.29) is 12.0 Å². The van der Waals surface area contributed by atoms with Crippen LogP contribution < -0.4 is 0 Å². The molecule has 1 fully saturated rings. The zero-order chi connectivity index (χ0) is 13.8. The van der Waals surface area contributed by atoms with E-state index in [1.165, 1.54) is 0 Å². The minimum Gasteiger partial charge on any atom is -0.391 e. The maximum Gasteiger partial charge on any atom is 0.222 e. The van der Waals surface area contributed by atoms with E-state index in [9.17, 15) is 9.90 Å². The Morgan fingerprint density at radius 1 is 1.42 bits per heavy atom. The van der Waals surface area contributed by atoms with Crippen molar-refractivity contribution in [3.63, 3.8) is 0 Å². The van der Waals surface area contributed by atoms with Crippen LogP contribution in [0.4, 0.5) is 0 Å². The summed E-state index contributed by atoms with van der Waals surface area (Å²) in [6.07, 6.45) is 2.29. The lowest BCUT2D eigenvalue weighted by atomic mass is 10.1. The zero-order valence-electron chi connectivity index (χ0n) is 10.6. The third kappa shape index (κ3) is 4.10. The van der Waals surface area contributed by atoms with Crippen molar-refractivity contribution in [2.75, 3.05) is 13.1 Å². The van der Waals surface area contributed by atoms with Crippen LogP contribution in [0.5, 0.6) is 0 Å². The summed E-state index contributed by atoms with van der Waals surface area (Å²) in [5.41, 5.74) is 0.928. The molecular weight excluding hydrogens is 285 g/mol. The fourth-order valence-electron chi connectivity index (χ4n) is 2.31. The van der Waals surface area contributed by atoms with Gasteiger partial charge in [-0.15, -0.1) is 0 Å². The Balaban J connectivity index is 1.89. The SMILES string of the molecule is O=C(CCc1ccc(Cl)cc1Cl)N1CCCC(O)C1. The molecule has 0 saturated carbocycles. The van der Waals surface area contributed by atoms with Crippen molar-refractivity contribution in [1.29, 1.82) is 0 Å². The van der Waals surface area contributed by atoms with Gasteiger partial charge in [-0.3, -0.25) is 4.79 Å². The highest BCUT2D eigenvalue weighted by atomic mass is 35.5. The molecular formula is C14H17Cl2NO2. The topological polar surface area (TPSA) is 40.5 Å². The molecule has 0 spiro atoms. The predicted octanol–water partition coefficient (Wildman–Crippen LogP) is 2.91. The normalized spacial score (nSPS) is 19.5. The van der Waals surface area contributed by atoms with E-state index in [1.807, 2.05) is 6.07 Å². The second-order valence-electron chi connectivity index (χ2n) is 4.87.